The van der Waals surface area contributed by atoms with Crippen molar-refractivity contribution >= 4 is 53.8 Å². The molecule has 0 aromatic carbocycles. The molecule has 0 aromatic heterocycles. The van der Waals surface area contributed by atoms with E-state index in [1.807, 2.05) is 0 Å². The third-order valence-corrected chi connectivity index (χ3v) is 4.41. The number of carbonyl (C=O) groups is 1. The first kappa shape index (κ1) is 10.4. The molecule has 1 aliphatic heterocycles. The van der Waals surface area contributed by atoms with Crippen molar-refractivity contribution in [2.24, 2.45) is 17.3 Å². The van der Waals surface area contributed by atoms with E-state index in [1.165, 1.54) is 0 Å². The topological polar surface area (TPSA) is 26.3 Å². The van der Waals surface area contributed by atoms with Crippen LogP contribution in [-0.4, -0.2) is 14.2 Å². The molecule has 1 saturated heterocycles. The van der Waals surface area contributed by atoms with Gasteiger partial charge in [-0.05, 0) is 5.41 Å². The molecular weight excluding hydrogens is 368 g/mol. The van der Waals surface area contributed by atoms with E-state index in [9.17, 15) is 4.79 Å². The van der Waals surface area contributed by atoms with E-state index in [2.05, 4.69) is 61.6 Å². The normalized spacial score (nSPS) is 41.3. The van der Waals surface area contributed by atoms with Gasteiger partial charge in [-0.25, -0.2) is 0 Å². The smallest absolute Gasteiger partial charge is 0.310 e. The number of hydrogen-bond acceptors (Lipinski definition) is 2. The number of rotatable bonds is 0. The minimum absolute atomic E-state index is 0.0669. The minimum Gasteiger partial charge on any atom is -0.458 e. The van der Waals surface area contributed by atoms with Gasteiger partial charge in [-0.2, -0.15) is 0 Å². The van der Waals surface area contributed by atoms with Crippen molar-refractivity contribution in [1.82, 2.24) is 0 Å². The molecule has 74 valence electrons. The number of ether oxygens (including phenoxy) is 1. The second-order valence-corrected chi connectivity index (χ2v) is 11.2. The summed E-state index contributed by atoms with van der Waals surface area (Å²) < 4.78 is 4.77. The summed E-state index contributed by atoms with van der Waals surface area (Å²) in [5, 5.41) is 0. The summed E-state index contributed by atoms with van der Waals surface area (Å²) in [4.78, 5) is 11.4. The molecule has 0 bridgehead atoms. The molecule has 0 radical (unpaired) electrons. The van der Waals surface area contributed by atoms with Gasteiger partial charge in [0.15, 0.2) is 2.14 Å². The Kier molecular flexibility index (Phi) is 2.19. The van der Waals surface area contributed by atoms with Gasteiger partial charge in [0.25, 0.3) is 0 Å². The lowest BCUT2D eigenvalue weighted by molar-refractivity contribution is -0.146. The van der Waals surface area contributed by atoms with Crippen LogP contribution >= 0.6 is 47.8 Å². The molecule has 13 heavy (non-hydrogen) atoms. The van der Waals surface area contributed by atoms with Gasteiger partial charge in [0.05, 0.1) is 5.92 Å². The Hall–Kier alpha value is 0.910. The highest BCUT2D eigenvalue weighted by Crippen LogP contribution is 2.68. The van der Waals surface area contributed by atoms with Crippen molar-refractivity contribution in [1.29, 1.82) is 0 Å². The van der Waals surface area contributed by atoms with E-state index in [0.29, 0.717) is 5.92 Å². The summed E-state index contributed by atoms with van der Waals surface area (Å²) in [6.45, 7) is 4.21. The van der Waals surface area contributed by atoms with E-state index in [0.717, 1.165) is 0 Å². The average molecular weight is 377 g/mol. The molecule has 0 unspecified atom stereocenters. The molecule has 0 spiro atoms. The Balaban J connectivity index is 2.24. The zero-order valence-electron chi connectivity index (χ0n) is 7.18. The molecule has 1 aliphatic carbocycles. The number of hydrogen-bond donors (Lipinski definition) is 0. The van der Waals surface area contributed by atoms with Gasteiger partial charge in [-0.1, -0.05) is 61.6 Å². The minimum atomic E-state index is -0.476. The van der Waals surface area contributed by atoms with Gasteiger partial charge in [0.2, 0.25) is 0 Å². The molecule has 2 nitrogen and oxygen atoms in total. The van der Waals surface area contributed by atoms with Crippen molar-refractivity contribution in [3.8, 4) is 0 Å². The van der Waals surface area contributed by atoms with Crippen LogP contribution in [-0.2, 0) is 9.53 Å². The summed E-state index contributed by atoms with van der Waals surface area (Å²) in [6, 6.07) is 0. The molecule has 2 aliphatic rings. The largest absolute Gasteiger partial charge is 0.458 e. The van der Waals surface area contributed by atoms with Gasteiger partial charge >= 0.3 is 5.97 Å². The van der Waals surface area contributed by atoms with Gasteiger partial charge < -0.3 is 4.74 Å². The van der Waals surface area contributed by atoms with Crippen molar-refractivity contribution in [3.05, 3.63) is 0 Å². The number of fused-ring (bicyclic) bond motifs is 1. The van der Waals surface area contributed by atoms with E-state index < -0.39 is 2.14 Å². The molecule has 0 N–H and O–H groups in total. The maximum absolute atomic E-state index is 11.4. The summed E-state index contributed by atoms with van der Waals surface area (Å²) in [5.74, 6) is 0.338. The Bertz CT molecular complexity index is 269. The number of cyclic esters (lactones) is 1. The highest BCUT2D eigenvalue weighted by atomic mass is 80.0. The van der Waals surface area contributed by atoms with E-state index in [-0.39, 0.29) is 23.4 Å². The molecule has 2 rings (SSSR count). The third kappa shape index (κ3) is 1.42. The predicted molar refractivity (Wildman–Crippen MR) is 60.2 cm³/mol. The fraction of sp³-hybridized carbons (Fsp3) is 0.875. The second-order valence-electron chi connectivity index (χ2n) is 4.22. The Morgan fingerprint density at radius 3 is 2.15 bits per heavy atom. The maximum Gasteiger partial charge on any atom is 0.310 e. The Labute approximate surface area is 102 Å². The van der Waals surface area contributed by atoms with Crippen molar-refractivity contribution < 1.29 is 9.53 Å². The lowest BCUT2D eigenvalue weighted by Crippen LogP contribution is -2.30. The monoisotopic (exact) mass is 374 g/mol. The van der Waals surface area contributed by atoms with Crippen molar-refractivity contribution in [3.63, 3.8) is 0 Å². The van der Waals surface area contributed by atoms with E-state index in [1.54, 1.807) is 0 Å². The molecule has 1 heterocycles. The first-order valence-corrected chi connectivity index (χ1v) is 6.41. The predicted octanol–water partition coefficient (Wildman–Crippen LogP) is 3.02. The highest BCUT2D eigenvalue weighted by molar-refractivity contribution is 9.39. The zero-order chi connectivity index (χ0) is 10.0. The standard InChI is InChI=1S/C8H9Br3O2/c1-7(2)3-4(7)6(12)13-5(3)8(9,10)11/h3-5H,1-2H3/t3-,4+,5-/m1/s1. The zero-order valence-corrected chi connectivity index (χ0v) is 11.9. The molecule has 0 aromatic rings. The fourth-order valence-electron chi connectivity index (χ4n) is 2.24. The third-order valence-electron chi connectivity index (χ3n) is 3.06. The Morgan fingerprint density at radius 2 is 1.92 bits per heavy atom. The van der Waals surface area contributed by atoms with Crippen LogP contribution in [0, 0.1) is 17.3 Å². The summed E-state index contributed by atoms with van der Waals surface area (Å²) in [7, 11) is 0. The summed E-state index contributed by atoms with van der Waals surface area (Å²) in [6.07, 6.45) is -0.125. The van der Waals surface area contributed by atoms with Gasteiger partial charge in [-0.3, -0.25) is 4.79 Å². The van der Waals surface area contributed by atoms with Crippen LogP contribution in [0.25, 0.3) is 0 Å². The van der Waals surface area contributed by atoms with Crippen LogP contribution < -0.4 is 0 Å². The van der Waals surface area contributed by atoms with Crippen molar-refractivity contribution in [2.75, 3.05) is 0 Å². The lowest BCUT2D eigenvalue weighted by atomic mass is 10.1. The van der Waals surface area contributed by atoms with Crippen LogP contribution in [0.5, 0.6) is 0 Å². The van der Waals surface area contributed by atoms with E-state index >= 15 is 0 Å². The number of alkyl halides is 3. The number of esters is 1. The molecule has 1 saturated carbocycles. The van der Waals surface area contributed by atoms with Crippen molar-refractivity contribution in [2.45, 2.75) is 22.1 Å². The van der Waals surface area contributed by atoms with Crippen LogP contribution in [0.4, 0.5) is 0 Å². The van der Waals surface area contributed by atoms with Crippen LogP contribution in [0.2, 0.25) is 0 Å². The molecule has 2 fully saturated rings. The number of carbonyl (C=O) groups excluding carboxylic acids is 1. The summed E-state index contributed by atoms with van der Waals surface area (Å²) >= 11 is 10.2. The van der Waals surface area contributed by atoms with Crippen LogP contribution in [0.15, 0.2) is 0 Å². The highest BCUT2D eigenvalue weighted by Gasteiger charge is 2.73. The van der Waals surface area contributed by atoms with Gasteiger partial charge in [0.1, 0.15) is 6.10 Å². The van der Waals surface area contributed by atoms with Gasteiger partial charge in [0, 0.05) is 5.92 Å². The van der Waals surface area contributed by atoms with Gasteiger partial charge in [-0.15, -0.1) is 0 Å². The van der Waals surface area contributed by atoms with Crippen LogP contribution in [0.1, 0.15) is 13.8 Å². The first-order chi connectivity index (χ1) is 5.76. The molecular formula is C8H9Br3O2. The lowest BCUT2D eigenvalue weighted by Gasteiger charge is -2.24. The Morgan fingerprint density at radius 1 is 1.38 bits per heavy atom. The summed E-state index contributed by atoms with van der Waals surface area (Å²) in [5.41, 5.74) is 0.0978. The van der Waals surface area contributed by atoms with E-state index in [4.69, 9.17) is 4.74 Å². The maximum atomic E-state index is 11.4. The van der Waals surface area contributed by atoms with Crippen LogP contribution in [0.3, 0.4) is 0 Å². The quantitative estimate of drug-likeness (QED) is 0.480. The molecule has 0 amide bonds. The second kappa shape index (κ2) is 2.73. The first-order valence-electron chi connectivity index (χ1n) is 4.03. The SMILES string of the molecule is CC1(C)[C@H]2[C@H](C(Br)(Br)Br)OC(=O)[C@H]21. The molecule has 3 atom stereocenters. The number of halogens is 3. The fourth-order valence-corrected chi connectivity index (χ4v) is 3.37. The molecule has 5 heteroatoms. The average Bonchev–Trinajstić information content (AvgIpc) is 2.35.